The molecule has 3 rings (SSSR count). The van der Waals surface area contributed by atoms with Gasteiger partial charge in [0.25, 0.3) is 5.56 Å². The molecule has 1 aromatic carbocycles. The van der Waals surface area contributed by atoms with Crippen LogP contribution in [0.3, 0.4) is 0 Å². The number of benzene rings is 1. The van der Waals surface area contributed by atoms with E-state index in [4.69, 9.17) is 11.6 Å². The summed E-state index contributed by atoms with van der Waals surface area (Å²) in [5.41, 5.74) is 0.504. The van der Waals surface area contributed by atoms with Crippen LogP contribution in [0, 0.1) is 5.82 Å². The molecule has 0 amide bonds. The second-order valence-corrected chi connectivity index (χ2v) is 5.81. The highest BCUT2D eigenvalue weighted by atomic mass is 35.5. The molecule has 0 aliphatic rings. The molecule has 0 bridgehead atoms. The lowest BCUT2D eigenvalue weighted by Crippen LogP contribution is -2.39. The Labute approximate surface area is 147 Å². The number of nitrogens with zero attached hydrogens (tertiary/aromatic N) is 3. The first-order valence-corrected chi connectivity index (χ1v) is 8.20. The number of H-pyrrole nitrogens is 1. The number of hydrogen-bond donors (Lipinski definition) is 1. The van der Waals surface area contributed by atoms with Crippen LogP contribution in [0.5, 0.6) is 0 Å². The molecule has 0 unspecified atom stereocenters. The first-order valence-electron chi connectivity index (χ1n) is 7.82. The molecule has 25 heavy (non-hydrogen) atoms. The van der Waals surface area contributed by atoms with Crippen molar-refractivity contribution >= 4 is 34.9 Å². The smallest absolute Gasteiger partial charge is 0.332 e. The van der Waals surface area contributed by atoms with E-state index in [9.17, 15) is 14.0 Å². The lowest BCUT2D eigenvalue weighted by Gasteiger charge is -2.06. The molecule has 0 saturated heterocycles. The molecular weight excluding hydrogens is 347 g/mol. The molecule has 3 aromatic rings. The summed E-state index contributed by atoms with van der Waals surface area (Å²) in [6.07, 6.45) is 3.33. The van der Waals surface area contributed by atoms with Gasteiger partial charge in [0.1, 0.15) is 17.2 Å². The van der Waals surface area contributed by atoms with E-state index in [1.807, 2.05) is 6.92 Å². The average Bonchev–Trinajstić information content (AvgIpc) is 3.01. The van der Waals surface area contributed by atoms with Crippen LogP contribution < -0.4 is 11.2 Å². The number of halogens is 2. The van der Waals surface area contributed by atoms with Crippen molar-refractivity contribution in [3.8, 4) is 0 Å². The molecular formula is C17H16ClFN4O2. The topological polar surface area (TPSA) is 72.7 Å². The molecule has 6 nitrogen and oxygen atoms in total. The maximum Gasteiger partial charge on any atom is 0.332 e. The third-order valence-electron chi connectivity index (χ3n) is 3.89. The Kier molecular flexibility index (Phi) is 4.59. The molecule has 130 valence electrons. The summed E-state index contributed by atoms with van der Waals surface area (Å²) in [6, 6.07) is 4.34. The fraction of sp³-hybridized carbons (Fsp3) is 0.235. The van der Waals surface area contributed by atoms with Gasteiger partial charge in [0.15, 0.2) is 5.65 Å². The predicted molar refractivity (Wildman–Crippen MR) is 96.3 cm³/mol. The minimum Gasteiger partial charge on any atom is -0.333 e. The van der Waals surface area contributed by atoms with E-state index in [2.05, 4.69) is 9.97 Å². The third kappa shape index (κ3) is 3.02. The number of hydrogen-bond acceptors (Lipinski definition) is 3. The predicted octanol–water partition coefficient (Wildman–Crippen LogP) is 2.89. The number of aryl methyl sites for hydroxylation is 1. The summed E-state index contributed by atoms with van der Waals surface area (Å²) in [6.45, 7) is 4.24. The molecule has 0 spiro atoms. The molecule has 0 radical (unpaired) electrons. The first-order chi connectivity index (χ1) is 12.0. The molecule has 0 aliphatic carbocycles. The maximum absolute atomic E-state index is 13.2. The monoisotopic (exact) mass is 362 g/mol. The quantitative estimate of drug-likeness (QED) is 0.775. The van der Waals surface area contributed by atoms with Crippen LogP contribution in [0.25, 0.3) is 23.3 Å². The fourth-order valence-electron chi connectivity index (χ4n) is 2.62. The van der Waals surface area contributed by atoms with Crippen molar-refractivity contribution in [1.82, 2.24) is 19.1 Å². The molecule has 8 heteroatoms. The van der Waals surface area contributed by atoms with Gasteiger partial charge in [-0.1, -0.05) is 23.7 Å². The zero-order valence-electron chi connectivity index (χ0n) is 13.7. The lowest BCUT2D eigenvalue weighted by atomic mass is 10.2. The van der Waals surface area contributed by atoms with E-state index in [1.165, 1.54) is 16.7 Å². The molecule has 0 aliphatic heterocycles. The normalized spacial score (nSPS) is 11.7. The zero-order chi connectivity index (χ0) is 18.1. The first kappa shape index (κ1) is 17.2. The highest BCUT2D eigenvalue weighted by Crippen LogP contribution is 2.17. The molecule has 0 saturated carbocycles. The number of fused-ring (bicyclic) bond motifs is 1. The van der Waals surface area contributed by atoms with Gasteiger partial charge in [-0.3, -0.25) is 13.9 Å². The molecule has 0 fully saturated rings. The van der Waals surface area contributed by atoms with E-state index in [1.54, 1.807) is 25.1 Å². The van der Waals surface area contributed by atoms with Crippen molar-refractivity contribution in [2.45, 2.75) is 26.9 Å². The van der Waals surface area contributed by atoms with Crippen LogP contribution >= 0.6 is 11.6 Å². The molecule has 0 atom stereocenters. The molecule has 2 heterocycles. The summed E-state index contributed by atoms with van der Waals surface area (Å²) in [5, 5.41) is 0.0254. The number of nitrogens with one attached hydrogen (secondary N) is 1. The summed E-state index contributed by atoms with van der Waals surface area (Å²) in [4.78, 5) is 32.0. The van der Waals surface area contributed by atoms with Gasteiger partial charge in [0, 0.05) is 13.1 Å². The van der Waals surface area contributed by atoms with Crippen molar-refractivity contribution in [2.75, 3.05) is 0 Å². The van der Waals surface area contributed by atoms with Crippen molar-refractivity contribution in [2.24, 2.45) is 0 Å². The van der Waals surface area contributed by atoms with Gasteiger partial charge in [0.2, 0.25) is 0 Å². The van der Waals surface area contributed by atoms with Gasteiger partial charge in [-0.15, -0.1) is 0 Å². The van der Waals surface area contributed by atoms with Crippen LogP contribution in [0.15, 0.2) is 27.8 Å². The SMILES string of the molecule is CCn1c(=O)c2[nH]c(C=Cc3ccc(F)c(Cl)c3)nc2n(CC)c1=O. The molecule has 1 N–H and O–H groups in total. The van der Waals surface area contributed by atoms with Crippen LogP contribution in [0.1, 0.15) is 25.2 Å². The largest absolute Gasteiger partial charge is 0.333 e. The highest BCUT2D eigenvalue weighted by molar-refractivity contribution is 6.30. The second-order valence-electron chi connectivity index (χ2n) is 5.40. The Hall–Kier alpha value is -2.67. The van der Waals surface area contributed by atoms with E-state index in [0.717, 1.165) is 4.57 Å². The van der Waals surface area contributed by atoms with E-state index in [0.29, 0.717) is 23.6 Å². The number of imidazole rings is 1. The second kappa shape index (κ2) is 6.68. The standard InChI is InChI=1S/C17H16ClFN4O2/c1-3-22-15-14(16(24)23(4-2)17(22)25)20-13(21-15)8-6-10-5-7-12(19)11(18)9-10/h5-9H,3-4H2,1-2H3,(H,20,21). The Balaban J connectivity index is 2.11. The Morgan fingerprint density at radius 1 is 1.20 bits per heavy atom. The van der Waals surface area contributed by atoms with Crippen molar-refractivity contribution in [3.05, 3.63) is 61.3 Å². The van der Waals surface area contributed by atoms with Crippen molar-refractivity contribution in [1.29, 1.82) is 0 Å². The van der Waals surface area contributed by atoms with Gasteiger partial charge in [0.05, 0.1) is 5.02 Å². The minimum absolute atomic E-state index is 0.0254. The van der Waals surface area contributed by atoms with Crippen LogP contribution in [0.2, 0.25) is 5.02 Å². The number of rotatable bonds is 4. The lowest BCUT2D eigenvalue weighted by molar-refractivity contribution is 0.605. The summed E-state index contributed by atoms with van der Waals surface area (Å²) >= 11 is 5.76. The van der Waals surface area contributed by atoms with Crippen LogP contribution in [-0.4, -0.2) is 19.1 Å². The number of aromatic amines is 1. The summed E-state index contributed by atoms with van der Waals surface area (Å²) in [5.74, 6) is -0.0716. The van der Waals surface area contributed by atoms with Gasteiger partial charge >= 0.3 is 5.69 Å². The summed E-state index contributed by atoms with van der Waals surface area (Å²) < 4.78 is 15.8. The van der Waals surface area contributed by atoms with Gasteiger partial charge in [-0.05, 0) is 37.6 Å². The van der Waals surface area contributed by atoms with Crippen molar-refractivity contribution < 1.29 is 4.39 Å². The Morgan fingerprint density at radius 2 is 1.92 bits per heavy atom. The van der Waals surface area contributed by atoms with E-state index >= 15 is 0 Å². The third-order valence-corrected chi connectivity index (χ3v) is 4.18. The van der Waals surface area contributed by atoms with Crippen molar-refractivity contribution in [3.63, 3.8) is 0 Å². The Morgan fingerprint density at radius 3 is 2.56 bits per heavy atom. The van der Waals surface area contributed by atoms with E-state index < -0.39 is 11.4 Å². The number of aromatic nitrogens is 4. The van der Waals surface area contributed by atoms with Gasteiger partial charge in [-0.2, -0.15) is 0 Å². The fourth-order valence-corrected chi connectivity index (χ4v) is 2.81. The molecule has 2 aromatic heterocycles. The maximum atomic E-state index is 13.2. The zero-order valence-corrected chi connectivity index (χ0v) is 14.5. The van der Waals surface area contributed by atoms with Crippen LogP contribution in [0.4, 0.5) is 4.39 Å². The average molecular weight is 363 g/mol. The summed E-state index contributed by atoms with van der Waals surface area (Å²) in [7, 11) is 0. The van der Waals surface area contributed by atoms with Gasteiger partial charge < -0.3 is 4.98 Å². The van der Waals surface area contributed by atoms with Crippen LogP contribution in [-0.2, 0) is 13.1 Å². The highest BCUT2D eigenvalue weighted by Gasteiger charge is 2.14. The van der Waals surface area contributed by atoms with E-state index in [-0.39, 0.29) is 22.8 Å². The van der Waals surface area contributed by atoms with Gasteiger partial charge in [-0.25, -0.2) is 14.2 Å². The minimum atomic E-state index is -0.491. The Bertz CT molecular complexity index is 1090.